The molecule has 1 fully saturated rings. The van der Waals surface area contributed by atoms with Gasteiger partial charge in [0, 0.05) is 18.8 Å². The molecule has 0 saturated heterocycles. The third-order valence-corrected chi connectivity index (χ3v) is 4.00. The van der Waals surface area contributed by atoms with Crippen LogP contribution >= 0.6 is 0 Å². The van der Waals surface area contributed by atoms with Crippen molar-refractivity contribution < 1.29 is 5.11 Å². The first kappa shape index (κ1) is 14.3. The molecule has 2 rings (SSSR count). The number of likely N-dealkylation sites (N-methyl/N-ethyl adjacent to an activating group) is 1. The molecule has 1 aliphatic carbocycles. The van der Waals surface area contributed by atoms with Crippen molar-refractivity contribution >= 4 is 5.69 Å². The molecule has 1 aromatic heterocycles. The van der Waals surface area contributed by atoms with Crippen LogP contribution in [0.2, 0.25) is 0 Å². The highest BCUT2D eigenvalue weighted by Gasteiger charge is 2.19. The number of aliphatic hydroxyl groups is 1. The molecule has 0 amide bonds. The highest BCUT2D eigenvalue weighted by atomic mass is 16.3. The number of aliphatic hydroxyl groups excluding tert-OH is 1. The van der Waals surface area contributed by atoms with Crippen LogP contribution in [0.5, 0.6) is 0 Å². The maximum atomic E-state index is 10.1. The fourth-order valence-electron chi connectivity index (χ4n) is 2.93. The Morgan fingerprint density at radius 1 is 1.42 bits per heavy atom. The van der Waals surface area contributed by atoms with Crippen molar-refractivity contribution in [2.75, 3.05) is 19.3 Å². The van der Waals surface area contributed by atoms with Crippen LogP contribution < -0.4 is 5.73 Å². The monoisotopic (exact) mass is 266 g/mol. The maximum Gasteiger partial charge on any atom is 0.0862 e. The van der Waals surface area contributed by atoms with Gasteiger partial charge in [0.05, 0.1) is 24.5 Å². The number of nitrogens with zero attached hydrogens (tertiary/aromatic N) is 3. The summed E-state index contributed by atoms with van der Waals surface area (Å²) in [5, 5.41) is 14.2. The van der Waals surface area contributed by atoms with Gasteiger partial charge in [-0.15, -0.1) is 0 Å². The summed E-state index contributed by atoms with van der Waals surface area (Å²) < 4.78 is 1.71. The van der Waals surface area contributed by atoms with Gasteiger partial charge in [-0.3, -0.25) is 4.68 Å². The highest BCUT2D eigenvalue weighted by Crippen LogP contribution is 2.21. The predicted molar refractivity (Wildman–Crippen MR) is 76.8 cm³/mol. The molecule has 0 radical (unpaired) electrons. The maximum absolute atomic E-state index is 10.1. The summed E-state index contributed by atoms with van der Waals surface area (Å²) in [7, 11) is 2.12. The standard InChI is InChI=1S/C14H26N4O/c1-17(13-6-4-2-3-5-7-13)10-14(19)11-18-9-12(15)8-16-18/h8-9,13-14,19H,2-7,10-11,15H2,1H3. The van der Waals surface area contributed by atoms with Gasteiger partial charge in [-0.05, 0) is 19.9 Å². The van der Waals surface area contributed by atoms with Crippen molar-refractivity contribution in [2.45, 2.75) is 57.2 Å². The molecular formula is C14H26N4O. The third kappa shape index (κ3) is 4.51. The van der Waals surface area contributed by atoms with Crippen LogP contribution in [0.4, 0.5) is 5.69 Å². The fourth-order valence-corrected chi connectivity index (χ4v) is 2.93. The minimum Gasteiger partial charge on any atom is -0.396 e. The highest BCUT2D eigenvalue weighted by molar-refractivity contribution is 5.30. The van der Waals surface area contributed by atoms with Crippen LogP contribution in [-0.2, 0) is 6.54 Å². The minimum atomic E-state index is -0.396. The van der Waals surface area contributed by atoms with Crippen molar-refractivity contribution in [3.05, 3.63) is 12.4 Å². The first-order valence-electron chi connectivity index (χ1n) is 7.31. The number of nitrogens with two attached hydrogens (primary N) is 1. The summed E-state index contributed by atoms with van der Waals surface area (Å²) in [6.07, 6.45) is 10.9. The van der Waals surface area contributed by atoms with E-state index in [0.29, 0.717) is 24.8 Å². The zero-order valence-corrected chi connectivity index (χ0v) is 11.8. The Bertz CT molecular complexity index is 371. The molecule has 1 saturated carbocycles. The van der Waals surface area contributed by atoms with Gasteiger partial charge in [-0.1, -0.05) is 25.7 Å². The summed E-state index contributed by atoms with van der Waals surface area (Å²) in [5.74, 6) is 0. The largest absolute Gasteiger partial charge is 0.396 e. The molecule has 108 valence electrons. The molecule has 0 aliphatic heterocycles. The summed E-state index contributed by atoms with van der Waals surface area (Å²) in [6.45, 7) is 1.21. The molecule has 1 unspecified atom stereocenters. The van der Waals surface area contributed by atoms with Crippen LogP contribution in [0, 0.1) is 0 Å². The second kappa shape index (κ2) is 6.91. The van der Waals surface area contributed by atoms with Crippen LogP contribution in [0.1, 0.15) is 38.5 Å². The first-order valence-corrected chi connectivity index (χ1v) is 7.31. The zero-order chi connectivity index (χ0) is 13.7. The quantitative estimate of drug-likeness (QED) is 0.792. The molecule has 19 heavy (non-hydrogen) atoms. The van der Waals surface area contributed by atoms with Crippen molar-refractivity contribution in [3.63, 3.8) is 0 Å². The summed E-state index contributed by atoms with van der Waals surface area (Å²) in [5.41, 5.74) is 6.26. The van der Waals surface area contributed by atoms with E-state index in [4.69, 9.17) is 5.73 Å². The Hall–Kier alpha value is -1.07. The lowest BCUT2D eigenvalue weighted by Gasteiger charge is -2.29. The second-order valence-corrected chi connectivity index (χ2v) is 5.73. The molecule has 0 aromatic carbocycles. The number of aromatic nitrogens is 2. The van der Waals surface area contributed by atoms with Gasteiger partial charge in [0.15, 0.2) is 0 Å². The van der Waals surface area contributed by atoms with E-state index in [9.17, 15) is 5.11 Å². The van der Waals surface area contributed by atoms with Crippen molar-refractivity contribution in [3.8, 4) is 0 Å². The lowest BCUT2D eigenvalue weighted by Crippen LogP contribution is -2.38. The summed E-state index contributed by atoms with van der Waals surface area (Å²) >= 11 is 0. The number of anilines is 1. The minimum absolute atomic E-state index is 0.396. The third-order valence-electron chi connectivity index (χ3n) is 4.00. The number of hydrogen-bond donors (Lipinski definition) is 2. The van der Waals surface area contributed by atoms with Crippen LogP contribution in [0.15, 0.2) is 12.4 Å². The Balaban J connectivity index is 1.78. The number of hydrogen-bond acceptors (Lipinski definition) is 4. The smallest absolute Gasteiger partial charge is 0.0862 e. The van der Waals surface area contributed by atoms with Gasteiger partial charge >= 0.3 is 0 Å². The van der Waals surface area contributed by atoms with Gasteiger partial charge < -0.3 is 15.7 Å². The van der Waals surface area contributed by atoms with Crippen molar-refractivity contribution in [2.24, 2.45) is 0 Å². The Morgan fingerprint density at radius 2 is 2.11 bits per heavy atom. The molecule has 1 heterocycles. The Labute approximate surface area is 115 Å². The van der Waals surface area contributed by atoms with E-state index in [1.807, 2.05) is 0 Å². The fraction of sp³-hybridized carbons (Fsp3) is 0.786. The van der Waals surface area contributed by atoms with Gasteiger partial charge in [-0.2, -0.15) is 5.10 Å². The van der Waals surface area contributed by atoms with E-state index < -0.39 is 6.10 Å². The van der Waals surface area contributed by atoms with E-state index in [1.54, 1.807) is 17.1 Å². The van der Waals surface area contributed by atoms with E-state index in [0.717, 1.165) is 0 Å². The van der Waals surface area contributed by atoms with E-state index in [2.05, 4.69) is 17.0 Å². The Morgan fingerprint density at radius 3 is 2.68 bits per heavy atom. The summed E-state index contributed by atoms with van der Waals surface area (Å²) in [4.78, 5) is 2.31. The normalized spacial score (nSPS) is 19.5. The molecule has 0 spiro atoms. The first-order chi connectivity index (χ1) is 9.15. The molecule has 1 aliphatic rings. The SMILES string of the molecule is CN(CC(O)Cn1cc(N)cn1)C1CCCCCC1. The second-order valence-electron chi connectivity index (χ2n) is 5.73. The molecule has 3 N–H and O–H groups in total. The Kier molecular flexibility index (Phi) is 5.22. The van der Waals surface area contributed by atoms with Crippen LogP contribution in [0.3, 0.4) is 0 Å². The number of rotatable bonds is 5. The van der Waals surface area contributed by atoms with Gasteiger partial charge in [0.2, 0.25) is 0 Å². The molecule has 5 nitrogen and oxygen atoms in total. The lowest BCUT2D eigenvalue weighted by molar-refractivity contribution is 0.0836. The molecule has 5 heteroatoms. The molecular weight excluding hydrogens is 240 g/mol. The molecule has 1 atom stereocenters. The zero-order valence-electron chi connectivity index (χ0n) is 11.8. The van der Waals surface area contributed by atoms with Gasteiger partial charge in [-0.25, -0.2) is 0 Å². The van der Waals surface area contributed by atoms with Crippen LogP contribution in [0.25, 0.3) is 0 Å². The van der Waals surface area contributed by atoms with E-state index in [1.165, 1.54) is 38.5 Å². The number of nitrogen functional groups attached to an aromatic ring is 1. The van der Waals surface area contributed by atoms with Crippen LogP contribution in [-0.4, -0.2) is 45.5 Å². The molecule has 1 aromatic rings. The van der Waals surface area contributed by atoms with Gasteiger partial charge in [0.1, 0.15) is 0 Å². The van der Waals surface area contributed by atoms with E-state index in [-0.39, 0.29) is 0 Å². The average molecular weight is 266 g/mol. The van der Waals surface area contributed by atoms with Gasteiger partial charge in [0.25, 0.3) is 0 Å². The predicted octanol–water partition coefficient (Wildman–Crippen LogP) is 1.48. The average Bonchev–Trinajstić information content (AvgIpc) is 2.64. The van der Waals surface area contributed by atoms with Crippen molar-refractivity contribution in [1.82, 2.24) is 14.7 Å². The van der Waals surface area contributed by atoms with Crippen molar-refractivity contribution in [1.29, 1.82) is 0 Å². The summed E-state index contributed by atoms with van der Waals surface area (Å²) in [6, 6.07) is 0.625. The lowest BCUT2D eigenvalue weighted by atomic mass is 10.1. The van der Waals surface area contributed by atoms with E-state index >= 15 is 0 Å². The topological polar surface area (TPSA) is 67.3 Å². The molecule has 0 bridgehead atoms.